The number of hydrogen-bond donors (Lipinski definition) is 0. The molecule has 0 amide bonds. The first-order chi connectivity index (χ1) is 13.2. The first kappa shape index (κ1) is 34.2. The van der Waals surface area contributed by atoms with Crippen LogP contribution >= 0.6 is 0 Å². The second kappa shape index (κ2) is 30.4. The molecule has 0 atom stereocenters. The largest absolute Gasteiger partial charge is 0.242 e. The van der Waals surface area contributed by atoms with Crippen molar-refractivity contribution in [3.05, 3.63) is 23.8 Å². The zero-order valence-electron chi connectivity index (χ0n) is 21.2. The lowest BCUT2D eigenvalue weighted by atomic mass is 10.1. The fourth-order valence-electron chi connectivity index (χ4n) is 1.80. The van der Waals surface area contributed by atoms with Gasteiger partial charge in [-0.05, 0) is 44.6 Å². The third-order valence-corrected chi connectivity index (χ3v) is 3.01. The number of hydrogen-bond acceptors (Lipinski definition) is 2. The average molecular weight is 393 g/mol. The third-order valence-electron chi connectivity index (χ3n) is 3.01. The fraction of sp³-hybridized carbons (Fsp3) is 0.769. The predicted octanol–water partition coefficient (Wildman–Crippen LogP) is 8.68. The Morgan fingerprint density at radius 3 is 1.79 bits per heavy atom. The molecule has 0 aliphatic rings. The first-order valence-electron chi connectivity index (χ1n) is 11.4. The van der Waals surface area contributed by atoms with Crippen LogP contribution in [-0.4, -0.2) is 9.97 Å². The van der Waals surface area contributed by atoms with Gasteiger partial charge in [-0.15, -0.1) is 12.3 Å². The molecule has 28 heavy (non-hydrogen) atoms. The van der Waals surface area contributed by atoms with Crippen molar-refractivity contribution in [2.45, 2.75) is 121 Å². The Morgan fingerprint density at radius 2 is 1.43 bits per heavy atom. The maximum atomic E-state index is 4.60. The van der Waals surface area contributed by atoms with Gasteiger partial charge >= 0.3 is 0 Å². The number of nitrogens with zero attached hydrogens (tertiary/aromatic N) is 2. The highest BCUT2D eigenvalue weighted by molar-refractivity contribution is 5.01. The predicted molar refractivity (Wildman–Crippen MR) is 131 cm³/mol. The Labute approximate surface area is 179 Å². The fourth-order valence-corrected chi connectivity index (χ4v) is 1.80. The molecule has 0 saturated heterocycles. The van der Waals surface area contributed by atoms with E-state index in [1.807, 2.05) is 33.0 Å². The van der Waals surface area contributed by atoms with E-state index in [0.717, 1.165) is 24.1 Å². The van der Waals surface area contributed by atoms with E-state index in [2.05, 4.69) is 70.8 Å². The second-order valence-corrected chi connectivity index (χ2v) is 7.61. The highest BCUT2D eigenvalue weighted by Crippen LogP contribution is 2.06. The van der Waals surface area contributed by atoms with E-state index in [1.165, 1.54) is 44.2 Å². The van der Waals surface area contributed by atoms with Gasteiger partial charge in [0, 0.05) is 11.9 Å². The van der Waals surface area contributed by atoms with Gasteiger partial charge in [-0.25, -0.2) is 9.97 Å². The van der Waals surface area contributed by atoms with Crippen LogP contribution in [0.4, 0.5) is 0 Å². The molecule has 1 rings (SSSR count). The summed E-state index contributed by atoms with van der Waals surface area (Å²) in [4.78, 5) is 8.34. The van der Waals surface area contributed by atoms with Crippen LogP contribution in [0, 0.1) is 31.1 Å². The Kier molecular flexibility index (Phi) is 37.1. The minimum Gasteiger partial charge on any atom is -0.242 e. The maximum Gasteiger partial charge on any atom is 0.125 e. The molecule has 166 valence electrons. The molecule has 1 aromatic heterocycles. The van der Waals surface area contributed by atoms with Crippen LogP contribution in [0.2, 0.25) is 0 Å². The summed E-state index contributed by atoms with van der Waals surface area (Å²) in [6.07, 6.45) is 15.6. The molecule has 0 bridgehead atoms. The second-order valence-electron chi connectivity index (χ2n) is 7.61. The molecular weight excluding hydrogens is 340 g/mol. The molecular formula is C26H52N2. The molecule has 0 saturated carbocycles. The number of terminal acetylenes is 1. The maximum absolute atomic E-state index is 4.60. The van der Waals surface area contributed by atoms with Crippen molar-refractivity contribution in [2.75, 3.05) is 0 Å². The van der Waals surface area contributed by atoms with Gasteiger partial charge in [0.25, 0.3) is 0 Å². The van der Waals surface area contributed by atoms with Gasteiger partial charge in [0.1, 0.15) is 5.82 Å². The summed E-state index contributed by atoms with van der Waals surface area (Å²) < 4.78 is 0. The van der Waals surface area contributed by atoms with Crippen LogP contribution < -0.4 is 0 Å². The molecule has 0 N–H and O–H groups in total. The summed E-state index contributed by atoms with van der Waals surface area (Å²) in [5.74, 6) is 4.86. The molecule has 0 radical (unpaired) electrons. The summed E-state index contributed by atoms with van der Waals surface area (Å²) in [6, 6.07) is 1.99. The number of aryl methyl sites for hydroxylation is 2. The Bertz CT molecular complexity index is 414. The smallest absolute Gasteiger partial charge is 0.125 e. The summed E-state index contributed by atoms with van der Waals surface area (Å²) >= 11 is 0. The minimum absolute atomic E-state index is 0.833. The van der Waals surface area contributed by atoms with E-state index in [1.54, 1.807) is 6.92 Å². The quantitative estimate of drug-likeness (QED) is 0.342. The monoisotopic (exact) mass is 392 g/mol. The number of unbranched alkanes of at least 4 members (excludes halogenated alkanes) is 3. The first-order valence-corrected chi connectivity index (χ1v) is 11.4. The third kappa shape index (κ3) is 44.3. The molecule has 0 unspecified atom stereocenters. The van der Waals surface area contributed by atoms with E-state index in [4.69, 9.17) is 0 Å². The van der Waals surface area contributed by atoms with Crippen LogP contribution in [0.15, 0.2) is 12.3 Å². The highest BCUT2D eigenvalue weighted by atomic mass is 14.9. The van der Waals surface area contributed by atoms with Gasteiger partial charge in [0.05, 0.1) is 0 Å². The van der Waals surface area contributed by atoms with Crippen molar-refractivity contribution in [3.63, 3.8) is 0 Å². The van der Waals surface area contributed by atoms with Crippen LogP contribution in [0.25, 0.3) is 0 Å². The molecule has 0 fully saturated rings. The van der Waals surface area contributed by atoms with Crippen molar-refractivity contribution in [2.24, 2.45) is 11.8 Å². The van der Waals surface area contributed by atoms with Gasteiger partial charge < -0.3 is 0 Å². The Morgan fingerprint density at radius 1 is 0.964 bits per heavy atom. The highest BCUT2D eigenvalue weighted by Gasteiger charge is 1.93. The van der Waals surface area contributed by atoms with Crippen molar-refractivity contribution in [1.82, 2.24) is 9.97 Å². The summed E-state index contributed by atoms with van der Waals surface area (Å²) in [5.41, 5.74) is 1.17. The van der Waals surface area contributed by atoms with Crippen molar-refractivity contribution >= 4 is 0 Å². The molecule has 0 spiro atoms. The van der Waals surface area contributed by atoms with Crippen molar-refractivity contribution in [3.8, 4) is 12.3 Å². The van der Waals surface area contributed by atoms with E-state index < -0.39 is 0 Å². The van der Waals surface area contributed by atoms with Gasteiger partial charge in [-0.3, -0.25) is 0 Å². The van der Waals surface area contributed by atoms with Crippen LogP contribution in [0.3, 0.4) is 0 Å². The van der Waals surface area contributed by atoms with Gasteiger partial charge in [-0.2, -0.15) is 0 Å². The van der Waals surface area contributed by atoms with Crippen LogP contribution in [0.5, 0.6) is 0 Å². The lowest BCUT2D eigenvalue weighted by Crippen LogP contribution is -1.93. The zero-order chi connectivity index (χ0) is 22.8. The summed E-state index contributed by atoms with van der Waals surface area (Å²) in [6.45, 7) is 23.1. The minimum atomic E-state index is 0.833. The van der Waals surface area contributed by atoms with Crippen molar-refractivity contribution in [1.29, 1.82) is 0 Å². The van der Waals surface area contributed by atoms with Crippen LogP contribution in [0.1, 0.15) is 119 Å². The molecule has 2 heteroatoms. The number of aromatic nitrogens is 2. The zero-order valence-corrected chi connectivity index (χ0v) is 21.2. The lowest BCUT2D eigenvalue weighted by Gasteiger charge is -2.00. The Balaban J connectivity index is -0.000000149. The van der Waals surface area contributed by atoms with Gasteiger partial charge in [-0.1, -0.05) is 94.4 Å². The topological polar surface area (TPSA) is 25.8 Å². The lowest BCUT2D eigenvalue weighted by molar-refractivity contribution is 0.534. The molecule has 0 aliphatic carbocycles. The molecule has 1 heterocycles. The van der Waals surface area contributed by atoms with E-state index in [0.29, 0.717) is 0 Å². The average Bonchev–Trinajstić information content (AvgIpc) is 2.62. The SMILES string of the molecule is C#CC.CC.CC(C)C.CCCCCC(C)C.CCCCc1ccnc(C)n1. The molecule has 0 aliphatic heterocycles. The van der Waals surface area contributed by atoms with Gasteiger partial charge in [0.2, 0.25) is 0 Å². The van der Waals surface area contributed by atoms with Crippen molar-refractivity contribution < 1.29 is 0 Å². The summed E-state index contributed by atoms with van der Waals surface area (Å²) in [7, 11) is 0. The van der Waals surface area contributed by atoms with E-state index in [-0.39, 0.29) is 0 Å². The van der Waals surface area contributed by atoms with E-state index in [9.17, 15) is 0 Å². The Hall–Kier alpha value is -1.36. The normalized spacial score (nSPS) is 8.71. The summed E-state index contributed by atoms with van der Waals surface area (Å²) in [5, 5.41) is 0. The van der Waals surface area contributed by atoms with Gasteiger partial charge in [0.15, 0.2) is 0 Å². The standard InChI is InChI=1S/C9H14N2.C8H18.C4H10.C3H4.C2H6/c1-3-4-5-9-6-7-10-8(2)11-9;1-4-5-6-7-8(2)3;1-4(2)3;1-3-2;1-2/h6-7H,3-5H2,1-2H3;8H,4-7H2,1-3H3;4H,1-3H3;1H,2H3;1-2H3. The number of rotatable bonds is 7. The molecule has 0 aromatic carbocycles. The van der Waals surface area contributed by atoms with E-state index >= 15 is 0 Å². The molecule has 1 aromatic rings. The van der Waals surface area contributed by atoms with Crippen LogP contribution in [-0.2, 0) is 6.42 Å². The molecule has 2 nitrogen and oxygen atoms in total.